The molecular weight excluding hydrogens is 333 g/mol. The average molecular weight is 345 g/mol. The van der Waals surface area contributed by atoms with E-state index in [1.165, 1.54) is 0 Å². The Morgan fingerprint density at radius 1 is 1.41 bits per heavy atom. The third-order valence-electron chi connectivity index (χ3n) is 2.88. The summed E-state index contributed by atoms with van der Waals surface area (Å²) in [4.78, 5) is 23.0. The molecule has 5 heteroatoms. The molecule has 0 saturated heterocycles. The van der Waals surface area contributed by atoms with Gasteiger partial charge in [0.1, 0.15) is 5.54 Å². The number of carbonyl (C=O) groups excluding carboxylic acids is 1. The molecule has 0 heterocycles. The molecule has 1 fully saturated rings. The Balaban J connectivity index is 2.21. The second-order valence-electron chi connectivity index (χ2n) is 4.32. The Morgan fingerprint density at radius 2 is 2.06 bits per heavy atom. The van der Waals surface area contributed by atoms with Crippen molar-refractivity contribution in [1.29, 1.82) is 0 Å². The van der Waals surface area contributed by atoms with Crippen molar-refractivity contribution in [1.82, 2.24) is 5.32 Å². The number of rotatable bonds is 3. The maximum Gasteiger partial charge on any atom is 0.329 e. The van der Waals surface area contributed by atoms with Crippen LogP contribution in [0.4, 0.5) is 0 Å². The van der Waals surface area contributed by atoms with E-state index in [1.807, 2.05) is 19.1 Å². The van der Waals surface area contributed by atoms with Gasteiger partial charge in [0.25, 0.3) is 5.91 Å². The molecule has 1 aromatic carbocycles. The molecule has 1 saturated carbocycles. The highest BCUT2D eigenvalue weighted by Crippen LogP contribution is 2.36. The van der Waals surface area contributed by atoms with E-state index in [9.17, 15) is 9.59 Å². The molecule has 0 aliphatic heterocycles. The zero-order chi connectivity index (χ0) is 12.6. The van der Waals surface area contributed by atoms with Crippen molar-refractivity contribution in [2.75, 3.05) is 0 Å². The van der Waals surface area contributed by atoms with Gasteiger partial charge in [-0.05, 0) is 54.5 Å². The lowest BCUT2D eigenvalue weighted by molar-refractivity contribution is -0.140. The Kier molecular flexibility index (Phi) is 3.11. The van der Waals surface area contributed by atoms with Gasteiger partial charge in [-0.3, -0.25) is 4.79 Å². The largest absolute Gasteiger partial charge is 0.480 e. The quantitative estimate of drug-likeness (QED) is 0.823. The lowest BCUT2D eigenvalue weighted by Crippen LogP contribution is -2.43. The molecule has 90 valence electrons. The Bertz CT molecular complexity index is 495. The Hall–Kier alpha value is -1.11. The molecule has 0 bridgehead atoms. The van der Waals surface area contributed by atoms with Gasteiger partial charge in [0.05, 0.1) is 5.56 Å². The standard InChI is InChI=1S/C12H12INO3/c1-7-2-3-9(13)8(6-7)10(15)14-12(4-5-12)11(16)17/h2-3,6H,4-5H2,1H3,(H,14,15)(H,16,17). The average Bonchev–Trinajstić information content (AvgIpc) is 3.02. The number of carboxylic acids is 1. The number of halogens is 1. The molecule has 0 radical (unpaired) electrons. The van der Waals surface area contributed by atoms with Gasteiger partial charge in [0.15, 0.2) is 0 Å². The summed E-state index contributed by atoms with van der Waals surface area (Å²) in [7, 11) is 0. The summed E-state index contributed by atoms with van der Waals surface area (Å²) < 4.78 is 0.826. The van der Waals surface area contributed by atoms with Crippen molar-refractivity contribution in [3.8, 4) is 0 Å². The molecule has 2 rings (SSSR count). The van der Waals surface area contributed by atoms with Crippen LogP contribution in [0.2, 0.25) is 0 Å². The molecule has 2 N–H and O–H groups in total. The summed E-state index contributed by atoms with van der Waals surface area (Å²) in [5.74, 6) is -1.26. The van der Waals surface area contributed by atoms with Gasteiger partial charge in [0.2, 0.25) is 0 Å². The minimum absolute atomic E-state index is 0.307. The van der Waals surface area contributed by atoms with Gasteiger partial charge in [-0.15, -0.1) is 0 Å². The van der Waals surface area contributed by atoms with Crippen LogP contribution in [-0.4, -0.2) is 22.5 Å². The van der Waals surface area contributed by atoms with E-state index >= 15 is 0 Å². The minimum atomic E-state index is -1.02. The molecule has 4 nitrogen and oxygen atoms in total. The zero-order valence-electron chi connectivity index (χ0n) is 9.29. The maximum atomic E-state index is 12.0. The monoisotopic (exact) mass is 345 g/mol. The highest BCUT2D eigenvalue weighted by molar-refractivity contribution is 14.1. The highest BCUT2D eigenvalue weighted by Gasteiger charge is 2.51. The highest BCUT2D eigenvalue weighted by atomic mass is 127. The van der Waals surface area contributed by atoms with Crippen LogP contribution in [-0.2, 0) is 4.79 Å². The molecule has 0 atom stereocenters. The van der Waals surface area contributed by atoms with E-state index in [4.69, 9.17) is 5.11 Å². The van der Waals surface area contributed by atoms with Gasteiger partial charge in [-0.25, -0.2) is 4.79 Å². The first-order chi connectivity index (χ1) is 7.94. The number of carbonyl (C=O) groups is 2. The van der Waals surface area contributed by atoms with Gasteiger partial charge < -0.3 is 10.4 Å². The predicted molar refractivity (Wildman–Crippen MR) is 71.0 cm³/mol. The summed E-state index contributed by atoms with van der Waals surface area (Å²) >= 11 is 2.07. The first-order valence-electron chi connectivity index (χ1n) is 5.27. The normalized spacial score (nSPS) is 16.4. The number of hydrogen-bond acceptors (Lipinski definition) is 2. The first kappa shape index (κ1) is 12.3. The number of aliphatic carboxylic acids is 1. The van der Waals surface area contributed by atoms with Crippen molar-refractivity contribution in [3.05, 3.63) is 32.9 Å². The van der Waals surface area contributed by atoms with Gasteiger partial charge >= 0.3 is 5.97 Å². The van der Waals surface area contributed by atoms with E-state index in [0.29, 0.717) is 18.4 Å². The van der Waals surface area contributed by atoms with Crippen LogP contribution in [0.3, 0.4) is 0 Å². The van der Waals surface area contributed by atoms with E-state index in [1.54, 1.807) is 6.07 Å². The van der Waals surface area contributed by atoms with Crippen molar-refractivity contribution in [2.45, 2.75) is 25.3 Å². The number of aryl methyl sites for hydroxylation is 1. The lowest BCUT2D eigenvalue weighted by Gasteiger charge is -2.13. The molecule has 1 aliphatic carbocycles. The van der Waals surface area contributed by atoms with Crippen LogP contribution in [0.1, 0.15) is 28.8 Å². The molecule has 17 heavy (non-hydrogen) atoms. The Labute approximate surface area is 113 Å². The third-order valence-corrected chi connectivity index (χ3v) is 3.82. The van der Waals surface area contributed by atoms with Crippen LogP contribution < -0.4 is 5.32 Å². The van der Waals surface area contributed by atoms with Crippen LogP contribution in [0.15, 0.2) is 18.2 Å². The van der Waals surface area contributed by atoms with E-state index in [2.05, 4.69) is 27.9 Å². The summed E-state index contributed by atoms with van der Waals surface area (Å²) in [5, 5.41) is 11.6. The summed E-state index contributed by atoms with van der Waals surface area (Å²) in [6.45, 7) is 1.90. The SMILES string of the molecule is Cc1ccc(I)c(C(=O)NC2(C(=O)O)CC2)c1. The zero-order valence-corrected chi connectivity index (χ0v) is 11.4. The van der Waals surface area contributed by atoms with Crippen LogP contribution in [0.5, 0.6) is 0 Å². The smallest absolute Gasteiger partial charge is 0.329 e. The van der Waals surface area contributed by atoms with Crippen LogP contribution in [0.25, 0.3) is 0 Å². The molecular formula is C12H12INO3. The fourth-order valence-electron chi connectivity index (χ4n) is 1.62. The minimum Gasteiger partial charge on any atom is -0.480 e. The van der Waals surface area contributed by atoms with Crippen molar-refractivity contribution >= 4 is 34.5 Å². The van der Waals surface area contributed by atoms with Crippen molar-refractivity contribution < 1.29 is 14.7 Å². The van der Waals surface area contributed by atoms with E-state index in [0.717, 1.165) is 9.13 Å². The number of nitrogens with one attached hydrogen (secondary N) is 1. The van der Waals surface area contributed by atoms with Gasteiger partial charge in [0, 0.05) is 3.57 Å². The molecule has 1 amide bonds. The second-order valence-corrected chi connectivity index (χ2v) is 5.49. The topological polar surface area (TPSA) is 66.4 Å². The fourth-order valence-corrected chi connectivity index (χ4v) is 2.20. The lowest BCUT2D eigenvalue weighted by atomic mass is 10.1. The number of hydrogen-bond donors (Lipinski definition) is 2. The van der Waals surface area contributed by atoms with Gasteiger partial charge in [-0.2, -0.15) is 0 Å². The third kappa shape index (κ3) is 2.43. The predicted octanol–water partition coefficient (Wildman–Crippen LogP) is 1.95. The molecule has 1 aromatic rings. The van der Waals surface area contributed by atoms with E-state index < -0.39 is 11.5 Å². The molecule has 0 aromatic heterocycles. The number of amides is 1. The molecule has 0 unspecified atom stereocenters. The summed E-state index contributed by atoms with van der Waals surface area (Å²) in [6, 6.07) is 5.54. The van der Waals surface area contributed by atoms with Crippen LogP contribution >= 0.6 is 22.6 Å². The number of carboxylic acid groups (broad SMARTS) is 1. The first-order valence-corrected chi connectivity index (χ1v) is 6.34. The summed E-state index contributed by atoms with van der Waals surface area (Å²) in [5.41, 5.74) is 0.498. The second kappa shape index (κ2) is 4.29. The summed E-state index contributed by atoms with van der Waals surface area (Å²) in [6.07, 6.45) is 1.02. The van der Waals surface area contributed by atoms with Crippen molar-refractivity contribution in [3.63, 3.8) is 0 Å². The van der Waals surface area contributed by atoms with E-state index in [-0.39, 0.29) is 5.91 Å². The van der Waals surface area contributed by atoms with Crippen LogP contribution in [0, 0.1) is 10.5 Å². The molecule has 1 aliphatic rings. The maximum absolute atomic E-state index is 12.0. The van der Waals surface area contributed by atoms with Crippen molar-refractivity contribution in [2.24, 2.45) is 0 Å². The fraction of sp³-hybridized carbons (Fsp3) is 0.333. The molecule has 0 spiro atoms. The Morgan fingerprint density at radius 3 is 2.59 bits per heavy atom. The van der Waals surface area contributed by atoms with Gasteiger partial charge in [-0.1, -0.05) is 11.6 Å². The number of benzene rings is 1.